The number of carbonyl (C=O) groups is 1. The predicted octanol–water partition coefficient (Wildman–Crippen LogP) is 3.04. The number of aryl methyl sites for hydroxylation is 1. The van der Waals surface area contributed by atoms with Crippen molar-refractivity contribution in [3.8, 4) is 0 Å². The fourth-order valence-corrected chi connectivity index (χ4v) is 2.46. The molecule has 2 rings (SSSR count). The smallest absolute Gasteiger partial charge is 0.322 e. The van der Waals surface area contributed by atoms with Gasteiger partial charge in [0.25, 0.3) is 0 Å². The summed E-state index contributed by atoms with van der Waals surface area (Å²) >= 11 is 3.39. The summed E-state index contributed by atoms with van der Waals surface area (Å²) in [6.45, 7) is 4.19. The molecule has 0 bridgehead atoms. The van der Waals surface area contributed by atoms with Crippen LogP contribution in [-0.2, 0) is 4.74 Å². The van der Waals surface area contributed by atoms with Gasteiger partial charge in [0.15, 0.2) is 0 Å². The van der Waals surface area contributed by atoms with Crippen molar-refractivity contribution in [2.45, 2.75) is 19.8 Å². The van der Waals surface area contributed by atoms with Crippen molar-refractivity contribution in [3.63, 3.8) is 0 Å². The lowest BCUT2D eigenvalue weighted by Gasteiger charge is -2.27. The van der Waals surface area contributed by atoms with Crippen LogP contribution < -0.4 is 5.32 Å². The number of carbonyl (C=O) groups excluding carboxylic acids is 1. The zero-order valence-electron chi connectivity index (χ0n) is 11.9. The van der Waals surface area contributed by atoms with Crippen LogP contribution in [-0.4, -0.2) is 42.7 Å². The van der Waals surface area contributed by atoms with E-state index in [2.05, 4.69) is 26.2 Å². The van der Waals surface area contributed by atoms with Gasteiger partial charge in [0.05, 0.1) is 12.3 Å². The van der Waals surface area contributed by atoms with Gasteiger partial charge in [-0.3, -0.25) is 5.32 Å². The summed E-state index contributed by atoms with van der Waals surface area (Å²) < 4.78 is 6.37. The molecule has 2 amide bonds. The lowest BCUT2D eigenvalue weighted by atomic mass is 10.0. The minimum absolute atomic E-state index is 0.134. The van der Waals surface area contributed by atoms with E-state index in [0.29, 0.717) is 18.3 Å². The number of anilines is 1. The van der Waals surface area contributed by atoms with E-state index in [1.54, 1.807) is 18.0 Å². The van der Waals surface area contributed by atoms with Crippen LogP contribution in [0.3, 0.4) is 0 Å². The van der Waals surface area contributed by atoms with Gasteiger partial charge in [-0.25, -0.2) is 9.78 Å². The van der Waals surface area contributed by atoms with Gasteiger partial charge in [0, 0.05) is 30.6 Å². The van der Waals surface area contributed by atoms with Gasteiger partial charge in [-0.15, -0.1) is 0 Å². The summed E-state index contributed by atoms with van der Waals surface area (Å²) in [5.41, 5.74) is 0.853. The second-order valence-corrected chi connectivity index (χ2v) is 6.01. The van der Waals surface area contributed by atoms with E-state index < -0.39 is 0 Å². The van der Waals surface area contributed by atoms with Crippen LogP contribution in [0.5, 0.6) is 0 Å². The van der Waals surface area contributed by atoms with Crippen LogP contribution in [0, 0.1) is 12.8 Å². The summed E-state index contributed by atoms with van der Waals surface area (Å²) in [6, 6.07) is 3.53. The maximum Gasteiger partial charge on any atom is 0.322 e. The van der Waals surface area contributed by atoms with Gasteiger partial charge in [0.1, 0.15) is 5.82 Å². The Morgan fingerprint density at radius 3 is 3.05 bits per heavy atom. The Kier molecular flexibility index (Phi) is 5.37. The van der Waals surface area contributed by atoms with E-state index in [9.17, 15) is 4.79 Å². The topological polar surface area (TPSA) is 54.5 Å². The normalized spacial score (nSPS) is 18.6. The fourth-order valence-electron chi connectivity index (χ4n) is 2.24. The van der Waals surface area contributed by atoms with E-state index in [1.165, 1.54) is 0 Å². The third-order valence-electron chi connectivity index (χ3n) is 3.39. The highest BCUT2D eigenvalue weighted by atomic mass is 79.9. The number of rotatable bonds is 3. The highest BCUT2D eigenvalue weighted by Gasteiger charge is 2.19. The van der Waals surface area contributed by atoms with Crippen LogP contribution >= 0.6 is 15.9 Å². The SMILES string of the molecule is Cc1nc(NC(=O)N(C)C[C@@H]2CCCOC2)ccc1Br. The molecule has 0 saturated carbocycles. The predicted molar refractivity (Wildman–Crippen MR) is 81.9 cm³/mol. The van der Waals surface area contributed by atoms with Crippen LogP contribution in [0.15, 0.2) is 16.6 Å². The number of nitrogens with zero attached hydrogens (tertiary/aromatic N) is 2. The Morgan fingerprint density at radius 1 is 1.60 bits per heavy atom. The third kappa shape index (κ3) is 4.18. The number of nitrogens with one attached hydrogen (secondary N) is 1. The fraction of sp³-hybridized carbons (Fsp3) is 0.571. The van der Waals surface area contributed by atoms with Gasteiger partial charge in [-0.1, -0.05) is 0 Å². The van der Waals surface area contributed by atoms with Crippen molar-refractivity contribution in [1.82, 2.24) is 9.88 Å². The molecule has 0 spiro atoms. The third-order valence-corrected chi connectivity index (χ3v) is 4.23. The van der Waals surface area contributed by atoms with Crippen molar-refractivity contribution in [1.29, 1.82) is 0 Å². The summed E-state index contributed by atoms with van der Waals surface area (Å²) in [4.78, 5) is 18.1. The van der Waals surface area contributed by atoms with Crippen LogP contribution in [0.25, 0.3) is 0 Å². The summed E-state index contributed by atoms with van der Waals surface area (Å²) in [7, 11) is 1.80. The van der Waals surface area contributed by atoms with Gasteiger partial charge >= 0.3 is 6.03 Å². The monoisotopic (exact) mass is 341 g/mol. The first-order chi connectivity index (χ1) is 9.56. The summed E-state index contributed by atoms with van der Waals surface area (Å²) in [5.74, 6) is 1.00. The molecule has 0 unspecified atom stereocenters. The van der Waals surface area contributed by atoms with Gasteiger partial charge in [-0.2, -0.15) is 0 Å². The van der Waals surface area contributed by atoms with Crippen LogP contribution in [0.1, 0.15) is 18.5 Å². The molecule has 20 heavy (non-hydrogen) atoms. The van der Waals surface area contributed by atoms with Gasteiger partial charge < -0.3 is 9.64 Å². The number of halogens is 1. The molecule has 1 aromatic rings. The van der Waals surface area contributed by atoms with Crippen LogP contribution in [0.2, 0.25) is 0 Å². The Balaban J connectivity index is 1.88. The molecule has 1 saturated heterocycles. The van der Waals surface area contributed by atoms with Crippen molar-refractivity contribution < 1.29 is 9.53 Å². The lowest BCUT2D eigenvalue weighted by molar-refractivity contribution is 0.0464. The lowest BCUT2D eigenvalue weighted by Crippen LogP contribution is -2.37. The highest BCUT2D eigenvalue weighted by molar-refractivity contribution is 9.10. The quantitative estimate of drug-likeness (QED) is 0.919. The number of amides is 2. The van der Waals surface area contributed by atoms with Crippen molar-refractivity contribution in [3.05, 3.63) is 22.3 Å². The number of ether oxygens (including phenoxy) is 1. The molecule has 1 aliphatic rings. The molecule has 1 N–H and O–H groups in total. The highest BCUT2D eigenvalue weighted by Crippen LogP contribution is 2.17. The number of pyridine rings is 1. The molecule has 5 nitrogen and oxygen atoms in total. The molecule has 1 atom stereocenters. The second kappa shape index (κ2) is 7.04. The average Bonchev–Trinajstić information content (AvgIpc) is 2.44. The van der Waals surface area contributed by atoms with E-state index in [-0.39, 0.29) is 6.03 Å². The molecule has 0 aliphatic carbocycles. The van der Waals surface area contributed by atoms with Gasteiger partial charge in [-0.05, 0) is 47.8 Å². The second-order valence-electron chi connectivity index (χ2n) is 5.16. The molecule has 2 heterocycles. The first-order valence-electron chi connectivity index (χ1n) is 6.79. The Morgan fingerprint density at radius 2 is 2.40 bits per heavy atom. The number of hydrogen-bond donors (Lipinski definition) is 1. The largest absolute Gasteiger partial charge is 0.381 e. The maximum atomic E-state index is 12.1. The van der Waals surface area contributed by atoms with E-state index in [4.69, 9.17) is 4.74 Å². The molecule has 110 valence electrons. The first kappa shape index (κ1) is 15.3. The Hall–Kier alpha value is -1.14. The van der Waals surface area contributed by atoms with Crippen molar-refractivity contribution >= 4 is 27.8 Å². The summed E-state index contributed by atoms with van der Waals surface area (Å²) in [6.07, 6.45) is 2.20. The number of hydrogen-bond acceptors (Lipinski definition) is 3. The molecule has 1 fully saturated rings. The maximum absolute atomic E-state index is 12.1. The van der Waals surface area contributed by atoms with Gasteiger partial charge in [0.2, 0.25) is 0 Å². The zero-order valence-corrected chi connectivity index (χ0v) is 13.4. The van der Waals surface area contributed by atoms with E-state index in [0.717, 1.165) is 36.2 Å². The molecule has 1 aliphatic heterocycles. The van der Waals surface area contributed by atoms with Crippen molar-refractivity contribution in [2.75, 3.05) is 32.1 Å². The Labute approximate surface area is 127 Å². The van der Waals surface area contributed by atoms with Crippen LogP contribution in [0.4, 0.5) is 10.6 Å². The molecule has 0 radical (unpaired) electrons. The zero-order chi connectivity index (χ0) is 14.5. The molecular weight excluding hydrogens is 322 g/mol. The molecular formula is C14H20BrN3O2. The minimum Gasteiger partial charge on any atom is -0.381 e. The first-order valence-corrected chi connectivity index (χ1v) is 7.58. The number of aromatic nitrogens is 1. The molecule has 6 heteroatoms. The Bertz CT molecular complexity index is 475. The molecule has 1 aromatic heterocycles. The number of urea groups is 1. The van der Waals surface area contributed by atoms with Crippen molar-refractivity contribution in [2.24, 2.45) is 5.92 Å². The summed E-state index contributed by atoms with van der Waals surface area (Å²) in [5, 5.41) is 2.81. The average molecular weight is 342 g/mol. The molecule has 0 aromatic carbocycles. The van der Waals surface area contributed by atoms with E-state index >= 15 is 0 Å². The minimum atomic E-state index is -0.134. The van der Waals surface area contributed by atoms with E-state index in [1.807, 2.05) is 13.0 Å². The standard InChI is InChI=1S/C14H20BrN3O2/c1-10-12(15)5-6-13(16-10)17-14(19)18(2)8-11-4-3-7-20-9-11/h5-6,11H,3-4,7-9H2,1-2H3,(H,16,17,19)/t11-/m0/s1.